The first kappa shape index (κ1) is 26.5. The zero-order valence-corrected chi connectivity index (χ0v) is 21.9. The van der Waals surface area contributed by atoms with E-state index in [-0.39, 0.29) is 12.5 Å². The van der Waals surface area contributed by atoms with Gasteiger partial charge in [0.15, 0.2) is 5.65 Å². The van der Waals surface area contributed by atoms with Crippen molar-refractivity contribution in [3.8, 4) is 0 Å². The van der Waals surface area contributed by atoms with Crippen molar-refractivity contribution in [3.05, 3.63) is 89.4 Å². The maximum atomic E-state index is 13.0. The Morgan fingerprint density at radius 3 is 2.56 bits per heavy atom. The van der Waals surface area contributed by atoms with Gasteiger partial charge in [-0.15, -0.1) is 5.10 Å². The predicted molar refractivity (Wildman–Crippen MR) is 145 cm³/mol. The van der Waals surface area contributed by atoms with Crippen LogP contribution in [0.15, 0.2) is 67.0 Å². The highest BCUT2D eigenvalue weighted by Gasteiger charge is 2.30. The van der Waals surface area contributed by atoms with Crippen molar-refractivity contribution in [3.63, 3.8) is 0 Å². The Morgan fingerprint density at radius 1 is 1.00 bits per heavy atom. The molecule has 0 fully saturated rings. The maximum absolute atomic E-state index is 13.0. The molecule has 2 aliphatic heterocycles. The smallest absolute Gasteiger partial charge is 0.339 e. The number of pyridine rings is 2. The fraction of sp³-hybridized carbons (Fsp3) is 0.276. The lowest BCUT2D eigenvalue weighted by Gasteiger charge is -2.27. The Balaban J connectivity index is 1.12. The molecule has 9 nitrogen and oxygen atoms in total. The minimum atomic E-state index is -4.35. The van der Waals surface area contributed by atoms with Gasteiger partial charge < -0.3 is 15.1 Å². The minimum absolute atomic E-state index is 0.0635. The van der Waals surface area contributed by atoms with Gasteiger partial charge in [-0.05, 0) is 60.0 Å². The molecule has 41 heavy (non-hydrogen) atoms. The molecule has 4 aromatic rings. The van der Waals surface area contributed by atoms with Crippen LogP contribution in [0.1, 0.15) is 46.4 Å². The van der Waals surface area contributed by atoms with Crippen LogP contribution in [0.25, 0.3) is 11.2 Å². The van der Waals surface area contributed by atoms with Gasteiger partial charge >= 0.3 is 6.18 Å². The molecule has 0 atom stereocenters. The molecule has 0 saturated carbocycles. The molecular weight excluding hydrogens is 535 g/mol. The third-order valence-electron chi connectivity index (χ3n) is 7.25. The van der Waals surface area contributed by atoms with Gasteiger partial charge in [0.05, 0.1) is 18.7 Å². The number of hydrogen-bond donors (Lipinski definition) is 1. The molecular formula is C29H26F3N7O2. The third-order valence-corrected chi connectivity index (χ3v) is 7.25. The fourth-order valence-electron chi connectivity index (χ4n) is 5.11. The molecule has 2 amide bonds. The van der Waals surface area contributed by atoms with E-state index < -0.39 is 24.9 Å². The second-order valence-corrected chi connectivity index (χ2v) is 10.0. The molecule has 2 aliphatic rings. The largest absolute Gasteiger partial charge is 0.389 e. The summed E-state index contributed by atoms with van der Waals surface area (Å²) in [5, 5.41) is 7.69. The summed E-state index contributed by atoms with van der Waals surface area (Å²) in [6.07, 6.45) is -0.134. The quantitative estimate of drug-likeness (QED) is 0.357. The molecule has 3 aromatic heterocycles. The lowest BCUT2D eigenvalue weighted by atomic mass is 10.00. The van der Waals surface area contributed by atoms with Crippen LogP contribution in [-0.4, -0.2) is 60.5 Å². The van der Waals surface area contributed by atoms with Crippen molar-refractivity contribution in [1.29, 1.82) is 0 Å². The summed E-state index contributed by atoms with van der Waals surface area (Å²) >= 11 is 0. The van der Waals surface area contributed by atoms with Crippen LogP contribution in [0.5, 0.6) is 0 Å². The number of carbonyl (C=O) groups excluding carboxylic acids is 2. The molecule has 210 valence electrons. The lowest BCUT2D eigenvalue weighted by Crippen LogP contribution is -2.35. The van der Waals surface area contributed by atoms with Gasteiger partial charge in [0.25, 0.3) is 5.91 Å². The van der Waals surface area contributed by atoms with Gasteiger partial charge in [0.2, 0.25) is 11.9 Å². The molecule has 5 heterocycles. The van der Waals surface area contributed by atoms with Gasteiger partial charge in [-0.3, -0.25) is 14.6 Å². The van der Waals surface area contributed by atoms with Crippen LogP contribution >= 0.6 is 0 Å². The van der Waals surface area contributed by atoms with Crippen LogP contribution in [0, 0.1) is 0 Å². The van der Waals surface area contributed by atoms with E-state index in [1.54, 1.807) is 46.1 Å². The van der Waals surface area contributed by atoms with E-state index in [1.165, 1.54) is 4.90 Å². The Hall–Kier alpha value is -4.74. The molecule has 1 aromatic carbocycles. The van der Waals surface area contributed by atoms with E-state index >= 15 is 0 Å². The second kappa shape index (κ2) is 10.7. The zero-order chi connectivity index (χ0) is 28.6. The van der Waals surface area contributed by atoms with Gasteiger partial charge in [-0.1, -0.05) is 12.1 Å². The van der Waals surface area contributed by atoms with Crippen molar-refractivity contribution in [2.75, 3.05) is 18.4 Å². The van der Waals surface area contributed by atoms with Crippen LogP contribution in [0.3, 0.4) is 0 Å². The summed E-state index contributed by atoms with van der Waals surface area (Å²) in [5.74, 6) is -0.190. The van der Waals surface area contributed by atoms with Crippen molar-refractivity contribution < 1.29 is 22.8 Å². The number of anilines is 2. The average molecular weight is 562 g/mol. The minimum Gasteiger partial charge on any atom is -0.339 e. The predicted octanol–water partition coefficient (Wildman–Crippen LogP) is 4.98. The first-order valence-corrected chi connectivity index (χ1v) is 13.2. The van der Waals surface area contributed by atoms with Gasteiger partial charge in [-0.25, -0.2) is 4.52 Å². The van der Waals surface area contributed by atoms with Crippen molar-refractivity contribution >= 4 is 34.7 Å². The Labute approximate surface area is 233 Å². The number of nitrogens with one attached hydrogen (secondary N) is 1. The SMILES string of the molecule is O=C(CCC(F)(F)F)N1CC=C(c2cccn3nc(Nc4ccc(C(=O)N5Cc6cccnc6C5)cc4)nc23)CC1. The van der Waals surface area contributed by atoms with Crippen LogP contribution in [-0.2, 0) is 17.9 Å². The van der Waals surface area contributed by atoms with E-state index in [4.69, 9.17) is 0 Å². The van der Waals surface area contributed by atoms with Crippen LogP contribution in [0.4, 0.5) is 24.8 Å². The van der Waals surface area contributed by atoms with Crippen molar-refractivity contribution in [2.45, 2.75) is 38.5 Å². The molecule has 0 aliphatic carbocycles. The first-order valence-electron chi connectivity index (χ1n) is 13.2. The normalized spacial score (nSPS) is 15.1. The molecule has 0 unspecified atom stereocenters. The van der Waals surface area contributed by atoms with E-state index in [0.29, 0.717) is 43.2 Å². The molecule has 0 spiro atoms. The molecule has 1 N–H and O–H groups in total. The fourth-order valence-corrected chi connectivity index (χ4v) is 5.11. The van der Waals surface area contributed by atoms with Crippen molar-refractivity contribution in [1.82, 2.24) is 29.4 Å². The van der Waals surface area contributed by atoms with Crippen LogP contribution < -0.4 is 5.32 Å². The third kappa shape index (κ3) is 5.76. The average Bonchev–Trinajstić information content (AvgIpc) is 3.59. The number of benzene rings is 1. The maximum Gasteiger partial charge on any atom is 0.389 e. The van der Waals surface area contributed by atoms with Gasteiger partial charge in [0.1, 0.15) is 0 Å². The monoisotopic (exact) mass is 561 g/mol. The van der Waals surface area contributed by atoms with E-state index in [9.17, 15) is 22.8 Å². The summed E-state index contributed by atoms with van der Waals surface area (Å²) in [4.78, 5) is 37.4. The number of nitrogens with zero attached hydrogens (tertiary/aromatic N) is 6. The number of rotatable bonds is 6. The summed E-state index contributed by atoms with van der Waals surface area (Å²) in [6, 6.07) is 14.7. The molecule has 0 bridgehead atoms. The summed E-state index contributed by atoms with van der Waals surface area (Å²) in [6.45, 7) is 1.62. The van der Waals surface area contributed by atoms with Gasteiger partial charge in [0, 0.05) is 55.3 Å². The van der Waals surface area contributed by atoms with E-state index in [2.05, 4.69) is 20.4 Å². The Kier molecular flexibility index (Phi) is 6.90. The summed E-state index contributed by atoms with van der Waals surface area (Å²) in [7, 11) is 0. The number of hydrogen-bond acceptors (Lipinski definition) is 6. The summed E-state index contributed by atoms with van der Waals surface area (Å²) in [5.41, 5.74) is 5.69. The van der Waals surface area contributed by atoms with Gasteiger partial charge in [-0.2, -0.15) is 18.2 Å². The number of amides is 2. The lowest BCUT2D eigenvalue weighted by molar-refractivity contribution is -0.148. The Bertz CT molecular complexity index is 1620. The Morgan fingerprint density at radius 2 is 1.83 bits per heavy atom. The van der Waals surface area contributed by atoms with Crippen LogP contribution in [0.2, 0.25) is 0 Å². The highest BCUT2D eigenvalue weighted by atomic mass is 19.4. The number of fused-ring (bicyclic) bond motifs is 2. The number of carbonyl (C=O) groups is 2. The standard InChI is InChI=1S/C29H26F3N7O2/c30-29(31,32)12-9-25(40)37-15-10-19(11-16-37)23-4-2-14-39-26(23)35-28(36-39)34-22-7-5-20(6-8-22)27(41)38-17-21-3-1-13-33-24(21)18-38/h1-8,10,13-14H,9,11-12,15-18H2,(H,34,36). The second-order valence-electron chi connectivity index (χ2n) is 10.0. The molecule has 0 radical (unpaired) electrons. The number of alkyl halides is 3. The topological polar surface area (TPSA) is 95.7 Å². The highest BCUT2D eigenvalue weighted by molar-refractivity contribution is 5.95. The number of halogens is 3. The zero-order valence-electron chi connectivity index (χ0n) is 21.9. The molecule has 0 saturated heterocycles. The van der Waals surface area contributed by atoms with Crippen molar-refractivity contribution in [2.24, 2.45) is 0 Å². The van der Waals surface area contributed by atoms with E-state index in [1.807, 2.05) is 30.3 Å². The molecule has 12 heteroatoms. The van der Waals surface area contributed by atoms with E-state index in [0.717, 1.165) is 28.1 Å². The highest BCUT2D eigenvalue weighted by Crippen LogP contribution is 2.28. The number of aromatic nitrogens is 4. The summed E-state index contributed by atoms with van der Waals surface area (Å²) < 4.78 is 39.1. The first-order chi connectivity index (χ1) is 19.7. The molecule has 6 rings (SSSR count).